The van der Waals surface area contributed by atoms with Gasteiger partial charge in [0.15, 0.2) is 0 Å². The molecule has 0 aromatic rings. The molecule has 4 nitrogen and oxygen atoms in total. The van der Waals surface area contributed by atoms with Crippen molar-refractivity contribution in [3.8, 4) is 0 Å². The Labute approximate surface area is 122 Å². The molecule has 4 heteroatoms. The first-order valence-electron chi connectivity index (χ1n) is 8.03. The Morgan fingerprint density at radius 2 is 2.05 bits per heavy atom. The lowest BCUT2D eigenvalue weighted by atomic mass is 9.94. The zero-order valence-electron chi connectivity index (χ0n) is 12.7. The van der Waals surface area contributed by atoms with E-state index in [0.717, 1.165) is 19.3 Å². The van der Waals surface area contributed by atoms with E-state index in [1.54, 1.807) is 0 Å². The van der Waals surface area contributed by atoms with Crippen molar-refractivity contribution in [2.75, 3.05) is 26.7 Å². The lowest BCUT2D eigenvalue weighted by molar-refractivity contribution is -0.130. The zero-order valence-corrected chi connectivity index (χ0v) is 12.7. The van der Waals surface area contributed by atoms with Crippen LogP contribution in [0.4, 0.5) is 0 Å². The number of amides is 1. The predicted octanol–water partition coefficient (Wildman–Crippen LogP) is 2.14. The maximum absolute atomic E-state index is 12.4. The number of nitrogens with zero attached hydrogens (tertiary/aromatic N) is 2. The van der Waals surface area contributed by atoms with Crippen LogP contribution in [0.3, 0.4) is 0 Å². The van der Waals surface area contributed by atoms with Crippen LogP contribution in [0.15, 0.2) is 11.8 Å². The minimum Gasteiger partial charge on any atom is -0.395 e. The third-order valence-corrected chi connectivity index (χ3v) is 4.64. The first-order valence-corrected chi connectivity index (χ1v) is 8.03. The molecule has 0 bridgehead atoms. The SMILES string of the molecule is CN(C(=O)CN(CCO)C1CCCCC1)C1=CCCC1. The fourth-order valence-corrected chi connectivity index (χ4v) is 3.36. The highest BCUT2D eigenvalue weighted by Gasteiger charge is 2.25. The monoisotopic (exact) mass is 280 g/mol. The second-order valence-electron chi connectivity index (χ2n) is 6.03. The molecule has 1 fully saturated rings. The first kappa shape index (κ1) is 15.5. The topological polar surface area (TPSA) is 43.8 Å². The highest BCUT2D eigenvalue weighted by molar-refractivity contribution is 5.79. The molecule has 0 heterocycles. The maximum atomic E-state index is 12.4. The van der Waals surface area contributed by atoms with Crippen LogP contribution in [0.2, 0.25) is 0 Å². The molecule has 2 aliphatic rings. The van der Waals surface area contributed by atoms with E-state index in [4.69, 9.17) is 0 Å². The Morgan fingerprint density at radius 1 is 1.30 bits per heavy atom. The summed E-state index contributed by atoms with van der Waals surface area (Å²) in [6, 6.07) is 0.478. The molecule has 1 amide bonds. The van der Waals surface area contributed by atoms with E-state index >= 15 is 0 Å². The second-order valence-corrected chi connectivity index (χ2v) is 6.03. The van der Waals surface area contributed by atoms with Crippen LogP contribution in [-0.2, 0) is 4.79 Å². The third-order valence-electron chi connectivity index (χ3n) is 4.64. The van der Waals surface area contributed by atoms with Gasteiger partial charge in [0.25, 0.3) is 0 Å². The van der Waals surface area contributed by atoms with Gasteiger partial charge in [0.05, 0.1) is 13.2 Å². The maximum Gasteiger partial charge on any atom is 0.240 e. The quantitative estimate of drug-likeness (QED) is 0.810. The van der Waals surface area contributed by atoms with Crippen LogP contribution in [0.1, 0.15) is 51.4 Å². The number of carbonyl (C=O) groups excluding carboxylic acids is 1. The van der Waals surface area contributed by atoms with Crippen LogP contribution >= 0.6 is 0 Å². The summed E-state index contributed by atoms with van der Waals surface area (Å²) in [4.78, 5) is 16.4. The molecule has 0 saturated heterocycles. The van der Waals surface area contributed by atoms with Crippen LogP contribution in [0, 0.1) is 0 Å². The molecule has 0 atom stereocenters. The molecule has 0 aromatic carbocycles. The molecule has 2 aliphatic carbocycles. The van der Waals surface area contributed by atoms with Crippen molar-refractivity contribution in [2.45, 2.75) is 57.4 Å². The van der Waals surface area contributed by atoms with Crippen molar-refractivity contribution in [1.82, 2.24) is 9.80 Å². The number of hydrogen-bond donors (Lipinski definition) is 1. The van der Waals surface area contributed by atoms with Crippen LogP contribution < -0.4 is 0 Å². The Kier molecular flexibility index (Phi) is 6.05. The van der Waals surface area contributed by atoms with Gasteiger partial charge in [0.2, 0.25) is 5.91 Å². The van der Waals surface area contributed by atoms with Crippen molar-refractivity contribution < 1.29 is 9.90 Å². The third kappa shape index (κ3) is 4.06. The molecule has 2 rings (SSSR count). The smallest absolute Gasteiger partial charge is 0.240 e. The van der Waals surface area contributed by atoms with Gasteiger partial charge in [-0.2, -0.15) is 0 Å². The number of hydrogen-bond acceptors (Lipinski definition) is 3. The van der Waals surface area contributed by atoms with Crippen LogP contribution in [-0.4, -0.2) is 53.6 Å². The summed E-state index contributed by atoms with van der Waals surface area (Å²) < 4.78 is 0. The summed E-state index contributed by atoms with van der Waals surface area (Å²) in [6.45, 7) is 1.19. The van der Waals surface area contributed by atoms with Gasteiger partial charge in [-0.25, -0.2) is 0 Å². The summed E-state index contributed by atoms with van der Waals surface area (Å²) in [7, 11) is 1.89. The molecular weight excluding hydrogens is 252 g/mol. The Morgan fingerprint density at radius 3 is 2.65 bits per heavy atom. The Hall–Kier alpha value is -0.870. The van der Waals surface area contributed by atoms with Gasteiger partial charge in [-0.05, 0) is 32.1 Å². The molecule has 0 aliphatic heterocycles. The molecular formula is C16H28N2O2. The molecule has 0 aromatic heterocycles. The molecule has 0 unspecified atom stereocenters. The highest BCUT2D eigenvalue weighted by atomic mass is 16.3. The second kappa shape index (κ2) is 7.79. The van der Waals surface area contributed by atoms with Crippen molar-refractivity contribution in [3.63, 3.8) is 0 Å². The summed E-state index contributed by atoms with van der Waals surface area (Å²) in [5.74, 6) is 0.164. The van der Waals surface area contributed by atoms with Gasteiger partial charge in [0.1, 0.15) is 0 Å². The van der Waals surface area contributed by atoms with Crippen molar-refractivity contribution >= 4 is 5.91 Å². The normalized spacial score (nSPS) is 20.2. The fraction of sp³-hybridized carbons (Fsp3) is 0.812. The van der Waals surface area contributed by atoms with Gasteiger partial charge in [0, 0.05) is 25.3 Å². The van der Waals surface area contributed by atoms with Gasteiger partial charge in [-0.1, -0.05) is 25.3 Å². The van der Waals surface area contributed by atoms with E-state index < -0.39 is 0 Å². The minimum absolute atomic E-state index is 0.135. The molecule has 20 heavy (non-hydrogen) atoms. The number of likely N-dealkylation sites (N-methyl/N-ethyl adjacent to an activating group) is 1. The van der Waals surface area contributed by atoms with Gasteiger partial charge in [-0.3, -0.25) is 9.69 Å². The molecule has 0 radical (unpaired) electrons. The number of carbonyl (C=O) groups is 1. The van der Waals surface area contributed by atoms with E-state index in [2.05, 4.69) is 11.0 Å². The molecule has 114 valence electrons. The van der Waals surface area contributed by atoms with Gasteiger partial charge in [-0.15, -0.1) is 0 Å². The Bertz CT molecular complexity index is 348. The van der Waals surface area contributed by atoms with Gasteiger partial charge >= 0.3 is 0 Å². The molecule has 1 N–H and O–H groups in total. The lowest BCUT2D eigenvalue weighted by Crippen LogP contribution is -2.45. The van der Waals surface area contributed by atoms with Crippen molar-refractivity contribution in [3.05, 3.63) is 11.8 Å². The van der Waals surface area contributed by atoms with E-state index in [9.17, 15) is 9.90 Å². The van der Waals surface area contributed by atoms with Gasteiger partial charge < -0.3 is 10.0 Å². The predicted molar refractivity (Wildman–Crippen MR) is 80.2 cm³/mol. The van der Waals surface area contributed by atoms with Crippen molar-refractivity contribution in [1.29, 1.82) is 0 Å². The Balaban J connectivity index is 1.90. The van der Waals surface area contributed by atoms with E-state index in [1.807, 2.05) is 11.9 Å². The molecule has 0 spiro atoms. The van der Waals surface area contributed by atoms with Crippen LogP contribution in [0.25, 0.3) is 0 Å². The van der Waals surface area contributed by atoms with Crippen molar-refractivity contribution in [2.24, 2.45) is 0 Å². The number of aliphatic hydroxyl groups excluding tert-OH is 1. The molecule has 1 saturated carbocycles. The first-order chi connectivity index (χ1) is 9.72. The average molecular weight is 280 g/mol. The van der Waals surface area contributed by atoms with E-state index in [0.29, 0.717) is 19.1 Å². The minimum atomic E-state index is 0.135. The number of aliphatic hydroxyl groups is 1. The summed E-state index contributed by atoms with van der Waals surface area (Å²) in [6.07, 6.45) is 11.6. The summed E-state index contributed by atoms with van der Waals surface area (Å²) >= 11 is 0. The summed E-state index contributed by atoms with van der Waals surface area (Å²) in [5.41, 5.74) is 1.17. The highest BCUT2D eigenvalue weighted by Crippen LogP contribution is 2.24. The largest absolute Gasteiger partial charge is 0.395 e. The number of rotatable bonds is 6. The van der Waals surface area contributed by atoms with E-state index in [-0.39, 0.29) is 12.5 Å². The fourth-order valence-electron chi connectivity index (χ4n) is 3.36. The van der Waals surface area contributed by atoms with Crippen LogP contribution in [0.5, 0.6) is 0 Å². The average Bonchev–Trinajstić information content (AvgIpc) is 3.01. The number of allylic oxidation sites excluding steroid dienone is 2. The zero-order chi connectivity index (χ0) is 14.4. The lowest BCUT2D eigenvalue weighted by Gasteiger charge is -2.34. The summed E-state index contributed by atoms with van der Waals surface area (Å²) in [5, 5.41) is 9.25. The van der Waals surface area contributed by atoms with E-state index in [1.165, 1.54) is 37.8 Å². The standard InChI is InChI=1S/C16H28N2O2/c1-17(14-7-5-6-8-14)16(20)13-18(11-12-19)15-9-3-2-4-10-15/h7,15,19H,2-6,8-13H2,1H3.